The van der Waals surface area contributed by atoms with Crippen LogP contribution in [-0.4, -0.2) is 39.6 Å². The number of carbonyl (C=O) groups excluding carboxylic acids is 4. The van der Waals surface area contributed by atoms with Crippen LogP contribution in [0.1, 0.15) is 50.5 Å². The minimum absolute atomic E-state index is 0.215. The number of nitrogens with zero attached hydrogens (tertiary/aromatic N) is 1. The van der Waals surface area contributed by atoms with Gasteiger partial charge in [-0.05, 0) is 55.7 Å². The number of aromatic amines is 1. The summed E-state index contributed by atoms with van der Waals surface area (Å²) in [6, 6.07) is 6.33. The van der Waals surface area contributed by atoms with Crippen LogP contribution in [0.4, 0.5) is 5.69 Å². The lowest BCUT2D eigenvalue weighted by molar-refractivity contribution is -0.136. The Morgan fingerprint density at radius 3 is 2.64 bits per heavy atom. The van der Waals surface area contributed by atoms with Crippen molar-refractivity contribution in [2.24, 2.45) is 0 Å². The number of fused-ring (bicyclic) bond motifs is 1. The normalized spacial score (nSPS) is 18.9. The SMILES string of the molecule is Cc1cc(C)c(C(=O)Nc2ccc3c(c2)CN(C2CCC(=O)NC2=O)C3=O)[nH]1. The third-order valence-electron chi connectivity index (χ3n) is 5.16. The maximum Gasteiger partial charge on any atom is 0.272 e. The van der Waals surface area contributed by atoms with Crippen molar-refractivity contribution in [1.82, 2.24) is 15.2 Å². The third kappa shape index (κ3) is 3.06. The average molecular weight is 380 g/mol. The second-order valence-corrected chi connectivity index (χ2v) is 7.24. The summed E-state index contributed by atoms with van der Waals surface area (Å²) in [6.07, 6.45) is 0.534. The fourth-order valence-corrected chi connectivity index (χ4v) is 3.81. The summed E-state index contributed by atoms with van der Waals surface area (Å²) in [7, 11) is 0. The zero-order valence-electron chi connectivity index (χ0n) is 15.6. The summed E-state index contributed by atoms with van der Waals surface area (Å²) < 4.78 is 0. The van der Waals surface area contributed by atoms with Crippen molar-refractivity contribution in [3.8, 4) is 0 Å². The van der Waals surface area contributed by atoms with E-state index in [2.05, 4.69) is 15.6 Å². The molecule has 1 unspecified atom stereocenters. The summed E-state index contributed by atoms with van der Waals surface area (Å²) in [5.41, 5.74) is 4.09. The molecule has 4 rings (SSSR count). The number of carbonyl (C=O) groups is 4. The Bertz CT molecular complexity index is 1020. The number of rotatable bonds is 3. The number of anilines is 1. The Hall–Kier alpha value is -3.42. The zero-order valence-corrected chi connectivity index (χ0v) is 15.6. The van der Waals surface area contributed by atoms with Gasteiger partial charge in [-0.3, -0.25) is 24.5 Å². The molecule has 2 aliphatic heterocycles. The first-order chi connectivity index (χ1) is 13.3. The van der Waals surface area contributed by atoms with Crippen molar-refractivity contribution >= 4 is 29.3 Å². The molecule has 2 aliphatic rings. The highest BCUT2D eigenvalue weighted by Crippen LogP contribution is 2.29. The minimum atomic E-state index is -0.653. The van der Waals surface area contributed by atoms with E-state index in [0.717, 1.165) is 16.8 Å². The largest absolute Gasteiger partial charge is 0.354 e. The average Bonchev–Trinajstić information content (AvgIpc) is 3.14. The van der Waals surface area contributed by atoms with Gasteiger partial charge >= 0.3 is 0 Å². The Morgan fingerprint density at radius 2 is 1.96 bits per heavy atom. The molecule has 0 saturated carbocycles. The van der Waals surface area contributed by atoms with Crippen molar-refractivity contribution in [3.05, 3.63) is 52.3 Å². The second kappa shape index (κ2) is 6.63. The molecule has 1 fully saturated rings. The number of hydrogen-bond acceptors (Lipinski definition) is 4. The highest BCUT2D eigenvalue weighted by Gasteiger charge is 2.39. The molecule has 0 radical (unpaired) electrons. The molecule has 0 bridgehead atoms. The van der Waals surface area contributed by atoms with Crippen LogP contribution in [0.15, 0.2) is 24.3 Å². The van der Waals surface area contributed by atoms with Gasteiger partial charge in [0.2, 0.25) is 11.8 Å². The van der Waals surface area contributed by atoms with Crippen molar-refractivity contribution in [2.75, 3.05) is 5.32 Å². The Labute approximate surface area is 161 Å². The summed E-state index contributed by atoms with van der Waals surface area (Å²) in [5.74, 6) is -1.25. The fraction of sp³-hybridized carbons (Fsp3) is 0.300. The molecule has 0 spiro atoms. The maximum absolute atomic E-state index is 12.7. The Balaban J connectivity index is 1.52. The number of aryl methyl sites for hydroxylation is 2. The highest BCUT2D eigenvalue weighted by molar-refractivity contribution is 6.07. The summed E-state index contributed by atoms with van der Waals surface area (Å²) in [6.45, 7) is 4.01. The van der Waals surface area contributed by atoms with Crippen molar-refractivity contribution in [1.29, 1.82) is 0 Å². The molecule has 4 amide bonds. The van der Waals surface area contributed by atoms with Crippen LogP contribution in [0.25, 0.3) is 0 Å². The number of hydrogen-bond donors (Lipinski definition) is 3. The van der Waals surface area contributed by atoms with Gasteiger partial charge in [0.15, 0.2) is 0 Å². The van der Waals surface area contributed by atoms with Gasteiger partial charge in [-0.25, -0.2) is 0 Å². The van der Waals surface area contributed by atoms with Gasteiger partial charge in [0.25, 0.3) is 11.8 Å². The van der Waals surface area contributed by atoms with Crippen molar-refractivity contribution in [2.45, 2.75) is 39.3 Å². The standard InChI is InChI=1S/C20H20N4O4/c1-10-7-11(2)21-17(10)19(27)22-13-3-4-14-12(8-13)9-24(20(14)28)15-5-6-16(25)23-18(15)26/h3-4,7-8,15,21H,5-6,9H2,1-2H3,(H,22,27)(H,23,25,26). The fourth-order valence-electron chi connectivity index (χ4n) is 3.81. The smallest absolute Gasteiger partial charge is 0.272 e. The van der Waals surface area contributed by atoms with E-state index in [1.807, 2.05) is 19.9 Å². The number of amides is 4. The molecule has 1 atom stereocenters. The quantitative estimate of drug-likeness (QED) is 0.703. The third-order valence-corrected chi connectivity index (χ3v) is 5.16. The van der Waals surface area contributed by atoms with E-state index in [4.69, 9.17) is 0 Å². The van der Waals surface area contributed by atoms with E-state index in [1.54, 1.807) is 18.2 Å². The first-order valence-electron chi connectivity index (χ1n) is 9.08. The van der Waals surface area contributed by atoms with Gasteiger partial charge in [-0.1, -0.05) is 0 Å². The van der Waals surface area contributed by atoms with Crippen LogP contribution in [-0.2, 0) is 16.1 Å². The zero-order chi connectivity index (χ0) is 20.0. The number of imide groups is 1. The van der Waals surface area contributed by atoms with Crippen molar-refractivity contribution in [3.63, 3.8) is 0 Å². The summed E-state index contributed by atoms with van der Waals surface area (Å²) in [4.78, 5) is 53.2. The monoisotopic (exact) mass is 380 g/mol. The molecule has 8 heteroatoms. The lowest BCUT2D eigenvalue weighted by Crippen LogP contribution is -2.52. The Morgan fingerprint density at radius 1 is 1.18 bits per heavy atom. The van der Waals surface area contributed by atoms with Gasteiger partial charge < -0.3 is 15.2 Å². The topological polar surface area (TPSA) is 111 Å². The summed E-state index contributed by atoms with van der Waals surface area (Å²) in [5, 5.41) is 5.13. The molecular formula is C20H20N4O4. The van der Waals surface area contributed by atoms with Crippen LogP contribution in [0.2, 0.25) is 0 Å². The summed E-state index contributed by atoms with van der Waals surface area (Å²) >= 11 is 0. The van der Waals surface area contributed by atoms with E-state index in [1.165, 1.54) is 4.90 Å². The van der Waals surface area contributed by atoms with Crippen LogP contribution >= 0.6 is 0 Å². The number of nitrogens with one attached hydrogen (secondary N) is 3. The predicted molar refractivity (Wildman–Crippen MR) is 101 cm³/mol. The van der Waals surface area contributed by atoms with Crippen molar-refractivity contribution < 1.29 is 19.2 Å². The molecule has 1 aromatic carbocycles. The first-order valence-corrected chi connectivity index (χ1v) is 9.08. The lowest BCUT2D eigenvalue weighted by atomic mass is 10.0. The Kier molecular flexibility index (Phi) is 4.26. The van der Waals surface area contributed by atoms with Gasteiger partial charge in [0, 0.05) is 29.9 Å². The molecule has 0 aliphatic carbocycles. The maximum atomic E-state index is 12.7. The highest BCUT2D eigenvalue weighted by atomic mass is 16.2. The van der Waals surface area contributed by atoms with Crippen LogP contribution in [0, 0.1) is 13.8 Å². The van der Waals surface area contributed by atoms with Crippen LogP contribution < -0.4 is 10.6 Å². The second-order valence-electron chi connectivity index (χ2n) is 7.24. The van der Waals surface area contributed by atoms with Gasteiger partial charge in [-0.15, -0.1) is 0 Å². The van der Waals surface area contributed by atoms with E-state index < -0.39 is 11.9 Å². The first kappa shape index (κ1) is 18.0. The number of benzene rings is 1. The van der Waals surface area contributed by atoms with Gasteiger partial charge in [0.05, 0.1) is 0 Å². The minimum Gasteiger partial charge on any atom is -0.354 e. The van der Waals surface area contributed by atoms with E-state index in [-0.39, 0.29) is 30.7 Å². The molecule has 28 heavy (non-hydrogen) atoms. The molecule has 1 aromatic heterocycles. The molecule has 144 valence electrons. The van der Waals surface area contributed by atoms with Gasteiger partial charge in [-0.2, -0.15) is 0 Å². The number of aromatic nitrogens is 1. The van der Waals surface area contributed by atoms with E-state index in [9.17, 15) is 19.2 Å². The van der Waals surface area contributed by atoms with E-state index >= 15 is 0 Å². The van der Waals surface area contributed by atoms with Crippen LogP contribution in [0.3, 0.4) is 0 Å². The molecular weight excluding hydrogens is 360 g/mol. The molecule has 8 nitrogen and oxygen atoms in total. The molecule has 2 aromatic rings. The molecule has 3 N–H and O–H groups in total. The lowest BCUT2D eigenvalue weighted by Gasteiger charge is -2.29. The molecule has 3 heterocycles. The van der Waals surface area contributed by atoms with E-state index in [0.29, 0.717) is 23.4 Å². The predicted octanol–water partition coefficient (Wildman–Crippen LogP) is 1.64. The molecule has 1 saturated heterocycles. The number of piperidine rings is 1. The van der Waals surface area contributed by atoms with Crippen LogP contribution in [0.5, 0.6) is 0 Å². The number of H-pyrrole nitrogens is 1. The van der Waals surface area contributed by atoms with Gasteiger partial charge in [0.1, 0.15) is 11.7 Å².